The Morgan fingerprint density at radius 3 is 2.58 bits per heavy atom. The molecule has 164 valence electrons. The monoisotopic (exact) mass is 464 g/mol. The van der Waals surface area contributed by atoms with E-state index < -0.39 is 11.7 Å². The van der Waals surface area contributed by atoms with E-state index in [1.165, 1.54) is 29.9 Å². The van der Waals surface area contributed by atoms with Crippen LogP contribution in [-0.4, -0.2) is 16.2 Å². The number of hydrazone groups is 1. The highest BCUT2D eigenvalue weighted by molar-refractivity contribution is 7.17. The van der Waals surface area contributed by atoms with Gasteiger partial charge >= 0.3 is 6.18 Å². The minimum atomic E-state index is -4.42. The van der Waals surface area contributed by atoms with E-state index in [9.17, 15) is 13.2 Å². The third kappa shape index (κ3) is 4.35. The van der Waals surface area contributed by atoms with Crippen LogP contribution in [0.3, 0.4) is 0 Å². The van der Waals surface area contributed by atoms with E-state index in [0.717, 1.165) is 33.5 Å². The minimum absolute atomic E-state index is 0.316. The zero-order valence-corrected chi connectivity index (χ0v) is 17.7. The normalized spacial score (nSPS) is 12.0. The van der Waals surface area contributed by atoms with Gasteiger partial charge in [0.1, 0.15) is 22.7 Å². The molecule has 0 bridgehead atoms. The summed E-state index contributed by atoms with van der Waals surface area (Å²) in [4.78, 5) is 9.47. The number of nitrogens with one attached hydrogen (secondary N) is 1. The molecule has 0 spiro atoms. The highest BCUT2D eigenvalue weighted by Crippen LogP contribution is 2.36. The quantitative estimate of drug-likeness (QED) is 0.223. The fourth-order valence-corrected chi connectivity index (χ4v) is 4.29. The lowest BCUT2D eigenvalue weighted by molar-refractivity contribution is -0.137. The highest BCUT2D eigenvalue weighted by atomic mass is 32.1. The first kappa shape index (κ1) is 20.9. The predicted molar refractivity (Wildman–Crippen MR) is 123 cm³/mol. The number of thiophene rings is 1. The van der Waals surface area contributed by atoms with Crippen molar-refractivity contribution in [2.75, 3.05) is 5.43 Å². The molecule has 3 aromatic heterocycles. The summed E-state index contributed by atoms with van der Waals surface area (Å²) in [6.45, 7) is 0. The topological polar surface area (TPSA) is 63.3 Å². The van der Waals surface area contributed by atoms with Crippen molar-refractivity contribution in [2.24, 2.45) is 5.10 Å². The van der Waals surface area contributed by atoms with E-state index in [0.29, 0.717) is 22.9 Å². The number of furan rings is 1. The molecule has 3 heterocycles. The average molecular weight is 464 g/mol. The van der Waals surface area contributed by atoms with Crippen LogP contribution in [0.15, 0.2) is 88.0 Å². The highest BCUT2D eigenvalue weighted by Gasteiger charge is 2.30. The lowest BCUT2D eigenvalue weighted by Crippen LogP contribution is -2.04. The molecular weight excluding hydrogens is 449 g/mol. The SMILES string of the molecule is FC(F)(F)c1cccc(-c2ccc(/C=N/Nc3ncnc4scc(-c5ccccc5)c34)o2)c1. The number of halogens is 3. The van der Waals surface area contributed by atoms with Crippen LogP contribution in [0.25, 0.3) is 32.7 Å². The molecule has 1 N–H and O–H groups in total. The molecule has 0 atom stereocenters. The number of alkyl halides is 3. The van der Waals surface area contributed by atoms with Crippen molar-refractivity contribution < 1.29 is 17.6 Å². The van der Waals surface area contributed by atoms with Crippen molar-refractivity contribution in [2.45, 2.75) is 6.18 Å². The second-order valence-corrected chi connectivity index (χ2v) is 7.93. The molecule has 5 aromatic rings. The lowest BCUT2D eigenvalue weighted by Gasteiger charge is -2.07. The first-order chi connectivity index (χ1) is 16.0. The standard InChI is InChI=1S/C24H15F3N4OS/c25-24(26,27)17-8-4-7-16(11-17)20-10-9-18(32-20)12-30-31-22-21-19(15-5-2-1-3-6-15)13-33-23(21)29-14-28-22/h1-14H,(H,28,29,31)/b30-12+. The van der Waals surface area contributed by atoms with Gasteiger partial charge in [-0.2, -0.15) is 18.3 Å². The molecule has 2 aromatic carbocycles. The summed E-state index contributed by atoms with van der Waals surface area (Å²) in [6.07, 6.45) is -1.51. The molecule has 5 rings (SSSR count). The van der Waals surface area contributed by atoms with Crippen molar-refractivity contribution in [1.82, 2.24) is 9.97 Å². The van der Waals surface area contributed by atoms with Crippen molar-refractivity contribution >= 4 is 33.6 Å². The second-order valence-electron chi connectivity index (χ2n) is 7.07. The van der Waals surface area contributed by atoms with E-state index >= 15 is 0 Å². The minimum Gasteiger partial charge on any atom is -0.455 e. The molecule has 5 nitrogen and oxygen atoms in total. The van der Waals surface area contributed by atoms with Crippen LogP contribution in [0.4, 0.5) is 19.0 Å². The van der Waals surface area contributed by atoms with Gasteiger partial charge in [-0.1, -0.05) is 42.5 Å². The maximum atomic E-state index is 13.0. The number of aromatic nitrogens is 2. The number of benzene rings is 2. The molecule has 33 heavy (non-hydrogen) atoms. The van der Waals surface area contributed by atoms with Crippen LogP contribution in [0.1, 0.15) is 11.3 Å². The van der Waals surface area contributed by atoms with Gasteiger partial charge in [-0.3, -0.25) is 5.43 Å². The van der Waals surface area contributed by atoms with Gasteiger partial charge in [-0.25, -0.2) is 9.97 Å². The number of rotatable bonds is 5. The number of nitrogens with zero attached hydrogens (tertiary/aromatic N) is 3. The first-order valence-electron chi connectivity index (χ1n) is 9.83. The Morgan fingerprint density at radius 2 is 1.76 bits per heavy atom. The largest absolute Gasteiger partial charge is 0.455 e. The van der Waals surface area contributed by atoms with Crippen LogP contribution in [0.5, 0.6) is 0 Å². The number of hydrogen-bond acceptors (Lipinski definition) is 6. The summed E-state index contributed by atoms with van der Waals surface area (Å²) < 4.78 is 44.6. The zero-order valence-electron chi connectivity index (χ0n) is 16.9. The Labute approximate surface area is 190 Å². The average Bonchev–Trinajstić information content (AvgIpc) is 3.47. The van der Waals surface area contributed by atoms with Crippen molar-refractivity contribution in [3.05, 3.63) is 89.8 Å². The van der Waals surface area contributed by atoms with Gasteiger partial charge in [0.25, 0.3) is 0 Å². The molecular formula is C24H15F3N4OS. The Bertz CT molecular complexity index is 1440. The lowest BCUT2D eigenvalue weighted by atomic mass is 10.1. The molecule has 0 aliphatic heterocycles. The second kappa shape index (κ2) is 8.51. The van der Waals surface area contributed by atoms with Crippen LogP contribution in [0.2, 0.25) is 0 Å². The van der Waals surface area contributed by atoms with Gasteiger partial charge in [0.05, 0.1) is 17.2 Å². The predicted octanol–water partition coefficient (Wildman–Crippen LogP) is 7.08. The molecule has 0 saturated heterocycles. The maximum Gasteiger partial charge on any atom is 0.416 e. The molecule has 0 saturated carbocycles. The van der Waals surface area contributed by atoms with Crippen molar-refractivity contribution in [3.8, 4) is 22.5 Å². The molecule has 0 aliphatic carbocycles. The molecule has 0 fully saturated rings. The third-order valence-electron chi connectivity index (χ3n) is 4.92. The Balaban J connectivity index is 1.38. The summed E-state index contributed by atoms with van der Waals surface area (Å²) in [5.41, 5.74) is 4.57. The number of anilines is 1. The Morgan fingerprint density at radius 1 is 0.939 bits per heavy atom. The van der Waals surface area contributed by atoms with Gasteiger partial charge in [0, 0.05) is 16.5 Å². The molecule has 0 radical (unpaired) electrons. The van der Waals surface area contributed by atoms with E-state index in [1.807, 2.05) is 35.7 Å². The van der Waals surface area contributed by atoms with Crippen LogP contribution in [-0.2, 0) is 6.18 Å². The first-order valence-corrected chi connectivity index (χ1v) is 10.7. The summed E-state index contributed by atoms with van der Waals surface area (Å²) >= 11 is 1.51. The summed E-state index contributed by atoms with van der Waals surface area (Å²) in [6, 6.07) is 18.1. The van der Waals surface area contributed by atoms with Gasteiger partial charge < -0.3 is 4.42 Å². The molecule has 9 heteroatoms. The smallest absolute Gasteiger partial charge is 0.416 e. The van der Waals surface area contributed by atoms with Crippen molar-refractivity contribution in [1.29, 1.82) is 0 Å². The van der Waals surface area contributed by atoms with E-state index in [1.54, 1.807) is 18.2 Å². The third-order valence-corrected chi connectivity index (χ3v) is 5.80. The van der Waals surface area contributed by atoms with E-state index in [-0.39, 0.29) is 0 Å². The molecule has 0 aliphatic rings. The summed E-state index contributed by atoms with van der Waals surface area (Å²) in [5.74, 6) is 1.24. The van der Waals surface area contributed by atoms with E-state index in [4.69, 9.17) is 4.42 Å². The number of fused-ring (bicyclic) bond motifs is 1. The number of hydrogen-bond donors (Lipinski definition) is 1. The fraction of sp³-hybridized carbons (Fsp3) is 0.0417. The fourth-order valence-electron chi connectivity index (χ4n) is 3.37. The summed E-state index contributed by atoms with van der Waals surface area (Å²) in [7, 11) is 0. The van der Waals surface area contributed by atoms with E-state index in [2.05, 4.69) is 20.5 Å². The van der Waals surface area contributed by atoms with Crippen molar-refractivity contribution in [3.63, 3.8) is 0 Å². The summed E-state index contributed by atoms with van der Waals surface area (Å²) in [5, 5.41) is 7.09. The van der Waals surface area contributed by atoms with Crippen LogP contribution >= 0.6 is 11.3 Å². The molecule has 0 unspecified atom stereocenters. The van der Waals surface area contributed by atoms with Crippen LogP contribution in [0, 0.1) is 0 Å². The van der Waals surface area contributed by atoms with Gasteiger partial charge in [-0.15, -0.1) is 11.3 Å². The maximum absolute atomic E-state index is 13.0. The van der Waals surface area contributed by atoms with Gasteiger partial charge in [0.15, 0.2) is 5.82 Å². The van der Waals surface area contributed by atoms with Gasteiger partial charge in [0.2, 0.25) is 0 Å². The molecule has 0 amide bonds. The Hall–Kier alpha value is -3.98. The zero-order chi connectivity index (χ0) is 22.8. The van der Waals surface area contributed by atoms with Gasteiger partial charge in [-0.05, 0) is 29.8 Å². The van der Waals surface area contributed by atoms with Crippen LogP contribution < -0.4 is 5.43 Å². The Kier molecular flexibility index (Phi) is 5.39.